The number of rotatable bonds is 4. The number of halogens is 8. The normalized spacial score (nSPS) is 19.0. The largest absolute Gasteiger partial charge is 0.428 e. The van der Waals surface area contributed by atoms with Gasteiger partial charge in [0.25, 0.3) is 5.91 Å². The second-order valence-electron chi connectivity index (χ2n) is 6.53. The number of amides is 1. The van der Waals surface area contributed by atoms with Gasteiger partial charge in [-0.25, -0.2) is 0 Å². The first kappa shape index (κ1) is 23.2. The molecule has 2 aromatic rings. The third-order valence-corrected chi connectivity index (χ3v) is 4.73. The summed E-state index contributed by atoms with van der Waals surface area (Å²) in [6.45, 7) is -1.51. The highest BCUT2D eigenvalue weighted by Crippen LogP contribution is 2.48. The highest BCUT2D eigenvalue weighted by molar-refractivity contribution is 6.34. The number of carbonyl (C=O) groups excluding carboxylic acids is 1. The second-order valence-corrected chi connectivity index (χ2v) is 7.40. The van der Waals surface area contributed by atoms with Crippen LogP contribution in [0.4, 0.5) is 26.3 Å². The summed E-state index contributed by atoms with van der Waals surface area (Å²) in [6, 6.07) is 8.28. The number of hydrogen-bond acceptors (Lipinski definition) is 3. The molecule has 12 heteroatoms. The van der Waals surface area contributed by atoms with E-state index in [9.17, 15) is 31.1 Å². The molecule has 1 atom stereocenters. The molecule has 166 valence electrons. The summed E-state index contributed by atoms with van der Waals surface area (Å²) >= 11 is 11.7. The van der Waals surface area contributed by atoms with Crippen molar-refractivity contribution in [2.75, 3.05) is 6.54 Å². The molecule has 0 spiro atoms. The van der Waals surface area contributed by atoms with E-state index < -0.39 is 30.4 Å². The van der Waals surface area contributed by atoms with Crippen molar-refractivity contribution in [1.29, 1.82) is 0 Å². The molecule has 0 saturated heterocycles. The summed E-state index contributed by atoms with van der Waals surface area (Å²) in [5.74, 6) is -0.980. The van der Waals surface area contributed by atoms with Crippen LogP contribution < -0.4 is 10.8 Å². The maximum Gasteiger partial charge on any atom is 0.428 e. The third kappa shape index (κ3) is 5.08. The van der Waals surface area contributed by atoms with E-state index in [2.05, 4.69) is 5.48 Å². The molecule has 0 aliphatic carbocycles. The zero-order chi connectivity index (χ0) is 23.0. The quantitative estimate of drug-likeness (QED) is 0.553. The molecule has 2 N–H and O–H groups in total. The highest BCUT2D eigenvalue weighted by Gasteiger charge is 2.59. The van der Waals surface area contributed by atoms with Crippen LogP contribution in [0.25, 0.3) is 5.70 Å². The van der Waals surface area contributed by atoms with Crippen LogP contribution in [0.15, 0.2) is 48.5 Å². The number of benzene rings is 2. The van der Waals surface area contributed by atoms with E-state index in [1.54, 1.807) is 5.32 Å². The van der Waals surface area contributed by atoms with Crippen LogP contribution >= 0.6 is 23.2 Å². The Morgan fingerprint density at radius 2 is 1.58 bits per heavy atom. The van der Waals surface area contributed by atoms with Gasteiger partial charge >= 0.3 is 12.4 Å². The van der Waals surface area contributed by atoms with E-state index >= 15 is 0 Å². The van der Waals surface area contributed by atoms with Crippen molar-refractivity contribution >= 4 is 34.8 Å². The Bertz CT molecular complexity index is 1000. The second kappa shape index (κ2) is 8.25. The Morgan fingerprint density at radius 1 is 1.00 bits per heavy atom. The van der Waals surface area contributed by atoms with Gasteiger partial charge in [0.15, 0.2) is 0 Å². The minimum Gasteiger partial charge on any atom is -0.343 e. The summed E-state index contributed by atoms with van der Waals surface area (Å²) in [7, 11) is 0. The van der Waals surface area contributed by atoms with Gasteiger partial charge in [0.05, 0.1) is 5.70 Å². The molecule has 1 unspecified atom stereocenters. The van der Waals surface area contributed by atoms with E-state index in [0.717, 1.165) is 18.2 Å². The Kier molecular flexibility index (Phi) is 6.18. The molecule has 0 bridgehead atoms. The highest BCUT2D eigenvalue weighted by atomic mass is 35.5. The lowest BCUT2D eigenvalue weighted by atomic mass is 9.91. The molecule has 4 nitrogen and oxygen atoms in total. The van der Waals surface area contributed by atoms with E-state index in [1.165, 1.54) is 30.3 Å². The molecule has 0 saturated carbocycles. The van der Waals surface area contributed by atoms with Gasteiger partial charge in [-0.1, -0.05) is 35.3 Å². The zero-order valence-corrected chi connectivity index (χ0v) is 16.7. The fraction of sp³-hybridized carbons (Fsp3) is 0.211. The van der Waals surface area contributed by atoms with Crippen molar-refractivity contribution in [2.45, 2.75) is 18.0 Å². The van der Waals surface area contributed by atoms with Gasteiger partial charge in [0.1, 0.15) is 6.54 Å². The van der Waals surface area contributed by atoms with Crippen molar-refractivity contribution in [2.24, 2.45) is 0 Å². The lowest BCUT2D eigenvalue weighted by Gasteiger charge is -2.28. The smallest absolute Gasteiger partial charge is 0.343 e. The standard InChI is InChI=1S/C19H12Cl2F6N2O2/c20-13-5-12(6-14(21)7-13)17(19(25,26)27)8-15(29-31-17)10-1-3-11(4-2-10)16(30)28-9-18(22,23)24/h1-8,29H,9H2,(H,28,30). The molecule has 1 heterocycles. The van der Waals surface area contributed by atoms with Gasteiger partial charge < -0.3 is 5.32 Å². The molecule has 31 heavy (non-hydrogen) atoms. The molecular formula is C19H12Cl2F6N2O2. The molecule has 3 rings (SSSR count). The number of hydrogen-bond donors (Lipinski definition) is 2. The summed E-state index contributed by atoms with van der Waals surface area (Å²) in [5.41, 5.74) is -1.01. The van der Waals surface area contributed by atoms with Crippen molar-refractivity contribution in [3.8, 4) is 0 Å². The minimum atomic E-state index is -4.90. The van der Waals surface area contributed by atoms with Crippen LogP contribution in [0.5, 0.6) is 0 Å². The van der Waals surface area contributed by atoms with Crippen molar-refractivity contribution in [3.05, 3.63) is 75.3 Å². The third-order valence-electron chi connectivity index (χ3n) is 4.29. The zero-order valence-electron chi connectivity index (χ0n) is 15.2. The summed E-state index contributed by atoms with van der Waals surface area (Å²) < 4.78 is 78.5. The SMILES string of the molecule is O=C(NCC(F)(F)F)c1ccc(C2=CC(c3cc(Cl)cc(Cl)c3)(C(F)(F)F)ON2)cc1. The van der Waals surface area contributed by atoms with Crippen LogP contribution in [0, 0.1) is 0 Å². The van der Waals surface area contributed by atoms with Crippen LogP contribution in [0.2, 0.25) is 10.0 Å². The van der Waals surface area contributed by atoms with Crippen LogP contribution in [0.3, 0.4) is 0 Å². The van der Waals surface area contributed by atoms with Gasteiger partial charge in [-0.3, -0.25) is 15.1 Å². The molecule has 0 aromatic heterocycles. The predicted molar refractivity (Wildman–Crippen MR) is 101 cm³/mol. The van der Waals surface area contributed by atoms with Gasteiger partial charge in [0.2, 0.25) is 5.60 Å². The first-order valence-electron chi connectivity index (χ1n) is 8.46. The van der Waals surface area contributed by atoms with E-state index in [0.29, 0.717) is 0 Å². The average Bonchev–Trinajstić information content (AvgIpc) is 3.12. The topological polar surface area (TPSA) is 50.4 Å². The Hall–Kier alpha value is -2.43. The van der Waals surface area contributed by atoms with E-state index in [4.69, 9.17) is 28.0 Å². The monoisotopic (exact) mass is 484 g/mol. The van der Waals surface area contributed by atoms with Crippen LogP contribution in [-0.2, 0) is 10.4 Å². The van der Waals surface area contributed by atoms with Crippen molar-refractivity contribution < 1.29 is 36.0 Å². The van der Waals surface area contributed by atoms with Gasteiger partial charge in [-0.2, -0.15) is 26.3 Å². The van der Waals surface area contributed by atoms with Crippen LogP contribution in [0.1, 0.15) is 21.5 Å². The van der Waals surface area contributed by atoms with E-state index in [-0.39, 0.29) is 32.4 Å². The number of nitrogens with one attached hydrogen (secondary N) is 2. The van der Waals surface area contributed by atoms with E-state index in [1.807, 2.05) is 0 Å². The van der Waals surface area contributed by atoms with Crippen molar-refractivity contribution in [1.82, 2.24) is 10.8 Å². The maximum atomic E-state index is 14.0. The van der Waals surface area contributed by atoms with Crippen LogP contribution in [-0.4, -0.2) is 24.8 Å². The fourth-order valence-corrected chi connectivity index (χ4v) is 3.36. The summed E-state index contributed by atoms with van der Waals surface area (Å²) in [4.78, 5) is 16.7. The molecule has 0 radical (unpaired) electrons. The summed E-state index contributed by atoms with van der Waals surface area (Å²) in [5, 5.41) is 1.66. The number of carbonyl (C=O) groups is 1. The van der Waals surface area contributed by atoms with Gasteiger partial charge in [0, 0.05) is 21.2 Å². The maximum absolute atomic E-state index is 14.0. The number of alkyl halides is 6. The fourth-order valence-electron chi connectivity index (χ4n) is 2.84. The van der Waals surface area contributed by atoms with Gasteiger partial charge in [-0.05, 0) is 42.0 Å². The Labute approximate surface area is 181 Å². The molecule has 1 aliphatic heterocycles. The minimum absolute atomic E-state index is 0.0224. The first-order valence-corrected chi connectivity index (χ1v) is 9.22. The summed E-state index contributed by atoms with van der Waals surface area (Å²) in [6.07, 6.45) is -8.68. The number of hydroxylamine groups is 1. The lowest BCUT2D eigenvalue weighted by molar-refractivity contribution is -0.269. The Balaban J connectivity index is 1.90. The lowest BCUT2D eigenvalue weighted by Crippen LogP contribution is -2.42. The Morgan fingerprint density at radius 3 is 2.10 bits per heavy atom. The first-order chi connectivity index (χ1) is 14.3. The van der Waals surface area contributed by atoms with Crippen molar-refractivity contribution in [3.63, 3.8) is 0 Å². The average molecular weight is 485 g/mol. The molecular weight excluding hydrogens is 473 g/mol. The molecule has 1 aliphatic rings. The van der Waals surface area contributed by atoms with Gasteiger partial charge in [-0.15, -0.1) is 0 Å². The molecule has 2 aromatic carbocycles. The molecule has 1 amide bonds. The predicted octanol–water partition coefficient (Wildman–Crippen LogP) is 5.62. The molecule has 0 fully saturated rings.